The second-order valence-electron chi connectivity index (χ2n) is 3.81. The summed E-state index contributed by atoms with van der Waals surface area (Å²) >= 11 is 18.8. The minimum absolute atomic E-state index is 0.603. The van der Waals surface area contributed by atoms with Crippen LogP contribution in [0.25, 0.3) is 0 Å². The molecule has 2 aromatic carbocycles. The lowest BCUT2D eigenvalue weighted by Crippen LogP contribution is -2.12. The number of benzene rings is 2. The summed E-state index contributed by atoms with van der Waals surface area (Å²) in [5.41, 5.74) is 1.51. The van der Waals surface area contributed by atoms with Gasteiger partial charge in [0.1, 0.15) is 5.75 Å². The first-order valence-electron chi connectivity index (χ1n) is 5.32. The summed E-state index contributed by atoms with van der Waals surface area (Å²) in [6.07, 6.45) is 0. The number of rotatable bonds is 3. The highest BCUT2D eigenvalue weighted by Crippen LogP contribution is 2.41. The molecule has 0 radical (unpaired) electrons. The van der Waals surface area contributed by atoms with Crippen LogP contribution in [0.15, 0.2) is 48.5 Å². The number of hydrogen-bond acceptors (Lipinski definition) is 1. The van der Waals surface area contributed by atoms with E-state index in [0.29, 0.717) is 5.02 Å². The monoisotopic (exact) mass is 300 g/mol. The minimum atomic E-state index is -1.13. The maximum absolute atomic E-state index is 6.42. The SMILES string of the molecule is COc1ccc(C(Cl)(Cl)c2cccc(Cl)c2)cc1. The first-order chi connectivity index (χ1) is 8.54. The fourth-order valence-corrected chi connectivity index (χ4v) is 2.33. The molecule has 94 valence electrons. The van der Waals surface area contributed by atoms with Gasteiger partial charge >= 0.3 is 0 Å². The molecule has 4 heteroatoms. The van der Waals surface area contributed by atoms with Crippen molar-refractivity contribution in [3.63, 3.8) is 0 Å². The van der Waals surface area contributed by atoms with Crippen LogP contribution in [-0.4, -0.2) is 7.11 Å². The van der Waals surface area contributed by atoms with Gasteiger partial charge in [0.05, 0.1) is 7.11 Å². The lowest BCUT2D eigenvalue weighted by molar-refractivity contribution is 0.414. The molecule has 0 aliphatic rings. The Balaban J connectivity index is 2.40. The van der Waals surface area contributed by atoms with E-state index in [1.165, 1.54) is 0 Å². The van der Waals surface area contributed by atoms with Crippen LogP contribution in [-0.2, 0) is 4.33 Å². The standard InChI is InChI=1S/C14H11Cl3O/c1-18-13-7-5-10(6-8-13)14(16,17)11-3-2-4-12(15)9-11/h2-9H,1H3. The zero-order valence-electron chi connectivity index (χ0n) is 9.66. The topological polar surface area (TPSA) is 9.23 Å². The van der Waals surface area contributed by atoms with E-state index in [1.807, 2.05) is 36.4 Å². The molecule has 2 aromatic rings. The molecule has 0 unspecified atom stereocenters. The van der Waals surface area contributed by atoms with Crippen molar-refractivity contribution >= 4 is 34.8 Å². The molecular weight excluding hydrogens is 291 g/mol. The molecule has 0 N–H and O–H groups in total. The molecule has 0 heterocycles. The van der Waals surface area contributed by atoms with Crippen molar-refractivity contribution in [1.82, 2.24) is 0 Å². The van der Waals surface area contributed by atoms with Gasteiger partial charge in [0.25, 0.3) is 0 Å². The van der Waals surface area contributed by atoms with E-state index in [1.54, 1.807) is 19.2 Å². The van der Waals surface area contributed by atoms with Crippen molar-refractivity contribution in [2.75, 3.05) is 7.11 Å². The van der Waals surface area contributed by atoms with Crippen LogP contribution in [0.4, 0.5) is 0 Å². The van der Waals surface area contributed by atoms with Gasteiger partial charge < -0.3 is 4.74 Å². The predicted molar refractivity (Wildman–Crippen MR) is 76.9 cm³/mol. The molecule has 0 atom stereocenters. The highest BCUT2D eigenvalue weighted by atomic mass is 35.5. The smallest absolute Gasteiger partial charge is 0.168 e. The Morgan fingerprint density at radius 3 is 2.17 bits per heavy atom. The molecule has 0 aliphatic carbocycles. The van der Waals surface area contributed by atoms with Crippen LogP contribution < -0.4 is 4.74 Å². The van der Waals surface area contributed by atoms with Gasteiger partial charge in [-0.15, -0.1) is 0 Å². The van der Waals surface area contributed by atoms with Gasteiger partial charge in [-0.2, -0.15) is 0 Å². The van der Waals surface area contributed by atoms with Crippen LogP contribution in [0.3, 0.4) is 0 Å². The van der Waals surface area contributed by atoms with Crippen LogP contribution in [0.1, 0.15) is 11.1 Å². The summed E-state index contributed by atoms with van der Waals surface area (Å²) in [5.74, 6) is 0.758. The second-order valence-corrected chi connectivity index (χ2v) is 5.58. The fourth-order valence-electron chi connectivity index (χ4n) is 1.65. The summed E-state index contributed by atoms with van der Waals surface area (Å²) < 4.78 is 3.97. The van der Waals surface area contributed by atoms with Crippen LogP contribution in [0, 0.1) is 0 Å². The Morgan fingerprint density at radius 1 is 0.944 bits per heavy atom. The summed E-state index contributed by atoms with van der Waals surface area (Å²) in [6.45, 7) is 0. The summed E-state index contributed by atoms with van der Waals surface area (Å²) in [5, 5.41) is 0.603. The van der Waals surface area contributed by atoms with Crippen molar-refractivity contribution in [1.29, 1.82) is 0 Å². The first-order valence-corrected chi connectivity index (χ1v) is 6.46. The third kappa shape index (κ3) is 2.74. The van der Waals surface area contributed by atoms with E-state index in [4.69, 9.17) is 39.5 Å². The number of ether oxygens (including phenoxy) is 1. The van der Waals surface area contributed by atoms with Gasteiger partial charge in [-0.1, -0.05) is 59.1 Å². The van der Waals surface area contributed by atoms with Gasteiger partial charge in [0.15, 0.2) is 4.33 Å². The highest BCUT2D eigenvalue weighted by Gasteiger charge is 2.29. The van der Waals surface area contributed by atoms with Gasteiger partial charge in [-0.05, 0) is 35.4 Å². The molecule has 18 heavy (non-hydrogen) atoms. The number of hydrogen-bond donors (Lipinski definition) is 0. The number of methoxy groups -OCH3 is 1. The average molecular weight is 302 g/mol. The van der Waals surface area contributed by atoms with E-state index in [9.17, 15) is 0 Å². The van der Waals surface area contributed by atoms with Crippen molar-refractivity contribution in [3.05, 3.63) is 64.7 Å². The van der Waals surface area contributed by atoms with E-state index in [-0.39, 0.29) is 0 Å². The Hall–Kier alpha value is -0.890. The summed E-state index contributed by atoms with van der Waals surface area (Å²) in [6, 6.07) is 14.5. The normalized spacial score (nSPS) is 11.3. The van der Waals surface area contributed by atoms with E-state index in [0.717, 1.165) is 16.9 Å². The molecule has 0 amide bonds. The largest absolute Gasteiger partial charge is 0.497 e. The molecule has 0 bridgehead atoms. The maximum atomic E-state index is 6.42. The molecule has 0 spiro atoms. The van der Waals surface area contributed by atoms with Gasteiger partial charge in [0.2, 0.25) is 0 Å². The fraction of sp³-hybridized carbons (Fsp3) is 0.143. The quantitative estimate of drug-likeness (QED) is 0.723. The number of alkyl halides is 2. The third-order valence-corrected chi connectivity index (χ3v) is 3.75. The Labute approximate surface area is 121 Å². The maximum Gasteiger partial charge on any atom is 0.168 e. The second kappa shape index (κ2) is 5.40. The zero-order valence-corrected chi connectivity index (χ0v) is 11.9. The zero-order chi connectivity index (χ0) is 13.2. The molecule has 0 saturated carbocycles. The summed E-state index contributed by atoms with van der Waals surface area (Å²) in [7, 11) is 1.61. The third-order valence-electron chi connectivity index (χ3n) is 2.64. The Morgan fingerprint density at radius 2 is 1.61 bits per heavy atom. The lowest BCUT2D eigenvalue weighted by Gasteiger charge is -2.21. The molecule has 0 aromatic heterocycles. The molecule has 0 fully saturated rings. The molecule has 0 saturated heterocycles. The van der Waals surface area contributed by atoms with Gasteiger partial charge in [-0.25, -0.2) is 0 Å². The number of halogens is 3. The van der Waals surface area contributed by atoms with Crippen LogP contribution >= 0.6 is 34.8 Å². The average Bonchev–Trinajstić information content (AvgIpc) is 2.39. The van der Waals surface area contributed by atoms with E-state index in [2.05, 4.69) is 0 Å². The summed E-state index contributed by atoms with van der Waals surface area (Å²) in [4.78, 5) is 0. The molecular formula is C14H11Cl3O. The molecule has 0 aliphatic heterocycles. The van der Waals surface area contributed by atoms with Gasteiger partial charge in [0, 0.05) is 5.02 Å². The van der Waals surface area contributed by atoms with Gasteiger partial charge in [-0.3, -0.25) is 0 Å². The molecule has 2 rings (SSSR count). The highest BCUT2D eigenvalue weighted by molar-refractivity contribution is 6.50. The first kappa shape index (κ1) is 13.5. The Bertz CT molecular complexity index is 535. The van der Waals surface area contributed by atoms with Crippen molar-refractivity contribution in [2.45, 2.75) is 4.33 Å². The minimum Gasteiger partial charge on any atom is -0.497 e. The van der Waals surface area contributed by atoms with Crippen molar-refractivity contribution < 1.29 is 4.74 Å². The van der Waals surface area contributed by atoms with E-state index < -0.39 is 4.33 Å². The van der Waals surface area contributed by atoms with E-state index >= 15 is 0 Å². The van der Waals surface area contributed by atoms with Crippen LogP contribution in [0.5, 0.6) is 5.75 Å². The van der Waals surface area contributed by atoms with Crippen molar-refractivity contribution in [3.8, 4) is 5.75 Å². The van der Waals surface area contributed by atoms with Crippen molar-refractivity contribution in [2.24, 2.45) is 0 Å². The predicted octanol–water partition coefficient (Wildman–Crippen LogP) is 5.03. The molecule has 1 nitrogen and oxygen atoms in total. The Kier molecular flexibility index (Phi) is 4.06. The lowest BCUT2D eigenvalue weighted by atomic mass is 10.0. The van der Waals surface area contributed by atoms with Crippen LogP contribution in [0.2, 0.25) is 5.02 Å².